The van der Waals surface area contributed by atoms with Crippen LogP contribution in [-0.4, -0.2) is 79.4 Å². The molecule has 2 aliphatic rings. The molecule has 0 radical (unpaired) electrons. The third-order valence-corrected chi connectivity index (χ3v) is 3.97. The molecular weight excluding hydrogens is 300 g/mol. The number of guanidine groups is 1. The Morgan fingerprint density at radius 3 is 2.83 bits per heavy atom. The van der Waals surface area contributed by atoms with Crippen LogP contribution in [0, 0.1) is 0 Å². The van der Waals surface area contributed by atoms with E-state index in [0.717, 1.165) is 13.0 Å². The summed E-state index contributed by atoms with van der Waals surface area (Å²) in [7, 11) is 1.66. The van der Waals surface area contributed by atoms with Gasteiger partial charge in [0.15, 0.2) is 5.96 Å². The van der Waals surface area contributed by atoms with Gasteiger partial charge in [0.1, 0.15) is 0 Å². The summed E-state index contributed by atoms with van der Waals surface area (Å²) in [5, 5.41) is 8.82. The smallest absolute Gasteiger partial charge is 0.324 e. The molecular formula is C14H24N6O3. The normalized spacial score (nSPS) is 21.7. The van der Waals surface area contributed by atoms with Gasteiger partial charge >= 0.3 is 6.03 Å². The van der Waals surface area contributed by atoms with Crippen LogP contribution in [0.5, 0.6) is 0 Å². The number of carbonyl (C=O) groups excluding carboxylic acids is 3. The predicted octanol–water partition coefficient (Wildman–Crippen LogP) is -1.29. The van der Waals surface area contributed by atoms with E-state index >= 15 is 0 Å². The fourth-order valence-electron chi connectivity index (χ4n) is 2.68. The van der Waals surface area contributed by atoms with Crippen molar-refractivity contribution in [3.63, 3.8) is 0 Å². The van der Waals surface area contributed by atoms with E-state index in [1.807, 2.05) is 11.8 Å². The number of hydrogen-bond acceptors (Lipinski definition) is 4. The first-order chi connectivity index (χ1) is 11.0. The van der Waals surface area contributed by atoms with Gasteiger partial charge in [0.25, 0.3) is 0 Å². The van der Waals surface area contributed by atoms with E-state index in [9.17, 15) is 14.4 Å². The molecule has 0 spiro atoms. The van der Waals surface area contributed by atoms with E-state index in [4.69, 9.17) is 0 Å². The summed E-state index contributed by atoms with van der Waals surface area (Å²) in [6.07, 6.45) is 1.39. The average Bonchev–Trinajstić information content (AvgIpc) is 3.14. The van der Waals surface area contributed by atoms with Crippen LogP contribution >= 0.6 is 0 Å². The second kappa shape index (κ2) is 7.80. The van der Waals surface area contributed by atoms with Crippen molar-refractivity contribution in [1.82, 2.24) is 25.8 Å². The molecule has 2 saturated heterocycles. The highest BCUT2D eigenvalue weighted by Gasteiger charge is 2.28. The molecule has 2 heterocycles. The SMILES string of the molecule is CCC(=O)N1CCC(NC(=NC)NCCN2C(=O)CNC2=O)C1. The Bertz CT molecular complexity index is 491. The van der Waals surface area contributed by atoms with Gasteiger partial charge in [0.05, 0.1) is 6.54 Å². The van der Waals surface area contributed by atoms with Gasteiger partial charge in [-0.2, -0.15) is 0 Å². The molecule has 9 heteroatoms. The molecule has 128 valence electrons. The topological polar surface area (TPSA) is 106 Å². The number of aliphatic imine (C=N–C) groups is 1. The molecule has 9 nitrogen and oxygen atoms in total. The molecule has 2 fully saturated rings. The Balaban J connectivity index is 1.73. The average molecular weight is 324 g/mol. The van der Waals surface area contributed by atoms with Crippen LogP contribution < -0.4 is 16.0 Å². The molecule has 0 saturated carbocycles. The van der Waals surface area contributed by atoms with Gasteiger partial charge in [-0.3, -0.25) is 19.5 Å². The Kier molecular flexibility index (Phi) is 5.78. The van der Waals surface area contributed by atoms with E-state index < -0.39 is 0 Å². The van der Waals surface area contributed by atoms with Crippen LogP contribution in [0.25, 0.3) is 0 Å². The van der Waals surface area contributed by atoms with Gasteiger partial charge in [0.2, 0.25) is 11.8 Å². The van der Waals surface area contributed by atoms with Crippen molar-refractivity contribution in [3.05, 3.63) is 0 Å². The highest BCUT2D eigenvalue weighted by molar-refractivity contribution is 6.01. The molecule has 1 unspecified atom stereocenters. The summed E-state index contributed by atoms with van der Waals surface area (Å²) in [6.45, 7) is 4.05. The molecule has 2 aliphatic heterocycles. The predicted molar refractivity (Wildman–Crippen MR) is 84.9 cm³/mol. The lowest BCUT2D eigenvalue weighted by Gasteiger charge is -2.19. The number of likely N-dealkylation sites (tertiary alicyclic amines) is 1. The van der Waals surface area contributed by atoms with Crippen molar-refractivity contribution in [2.75, 3.05) is 39.8 Å². The van der Waals surface area contributed by atoms with Gasteiger partial charge in [-0.25, -0.2) is 4.79 Å². The first-order valence-corrected chi connectivity index (χ1v) is 7.88. The van der Waals surface area contributed by atoms with Crippen molar-refractivity contribution in [2.45, 2.75) is 25.8 Å². The molecule has 0 aromatic rings. The first kappa shape index (κ1) is 17.0. The third-order valence-electron chi connectivity index (χ3n) is 3.97. The number of rotatable bonds is 5. The van der Waals surface area contributed by atoms with Crippen LogP contribution in [0.3, 0.4) is 0 Å². The van der Waals surface area contributed by atoms with Crippen molar-refractivity contribution in [3.8, 4) is 0 Å². The largest absolute Gasteiger partial charge is 0.355 e. The standard InChI is InChI=1S/C14H24N6O3/c1-3-11(21)19-6-4-10(9-19)18-13(15-2)16-5-7-20-12(22)8-17-14(20)23/h10H,3-9H2,1-2H3,(H,17,23)(H2,15,16,18). The summed E-state index contributed by atoms with van der Waals surface area (Å²) in [4.78, 5) is 41.7. The number of imide groups is 1. The molecule has 0 aromatic heterocycles. The highest BCUT2D eigenvalue weighted by atomic mass is 16.2. The lowest BCUT2D eigenvalue weighted by atomic mass is 10.3. The third kappa shape index (κ3) is 4.33. The summed E-state index contributed by atoms with van der Waals surface area (Å²) >= 11 is 0. The lowest BCUT2D eigenvalue weighted by Crippen LogP contribution is -2.47. The Hall–Kier alpha value is -2.32. The summed E-state index contributed by atoms with van der Waals surface area (Å²) < 4.78 is 0. The molecule has 0 bridgehead atoms. The number of nitrogens with zero attached hydrogens (tertiary/aromatic N) is 3. The molecule has 4 amide bonds. The van der Waals surface area contributed by atoms with Gasteiger partial charge in [0, 0.05) is 45.7 Å². The maximum Gasteiger partial charge on any atom is 0.324 e. The fraction of sp³-hybridized carbons (Fsp3) is 0.714. The maximum atomic E-state index is 11.7. The van der Waals surface area contributed by atoms with Crippen molar-refractivity contribution in [1.29, 1.82) is 0 Å². The van der Waals surface area contributed by atoms with Gasteiger partial charge in [-0.05, 0) is 6.42 Å². The zero-order valence-electron chi connectivity index (χ0n) is 13.6. The monoisotopic (exact) mass is 324 g/mol. The Morgan fingerprint density at radius 2 is 2.22 bits per heavy atom. The van der Waals surface area contributed by atoms with E-state index in [1.54, 1.807) is 7.05 Å². The molecule has 0 aliphatic carbocycles. The zero-order chi connectivity index (χ0) is 16.8. The van der Waals surface area contributed by atoms with Crippen LogP contribution in [0.1, 0.15) is 19.8 Å². The van der Waals surface area contributed by atoms with Crippen LogP contribution in [-0.2, 0) is 9.59 Å². The zero-order valence-corrected chi connectivity index (χ0v) is 13.6. The maximum absolute atomic E-state index is 11.7. The highest BCUT2D eigenvalue weighted by Crippen LogP contribution is 2.10. The van der Waals surface area contributed by atoms with Crippen LogP contribution in [0.4, 0.5) is 4.79 Å². The minimum Gasteiger partial charge on any atom is -0.355 e. The Morgan fingerprint density at radius 1 is 1.43 bits per heavy atom. The second-order valence-electron chi connectivity index (χ2n) is 5.53. The van der Waals surface area contributed by atoms with Crippen molar-refractivity contribution in [2.24, 2.45) is 4.99 Å². The Labute approximate surface area is 135 Å². The van der Waals surface area contributed by atoms with E-state index in [0.29, 0.717) is 25.5 Å². The number of nitrogens with one attached hydrogen (secondary N) is 3. The quantitative estimate of drug-likeness (QED) is 0.332. The van der Waals surface area contributed by atoms with E-state index in [1.165, 1.54) is 4.90 Å². The summed E-state index contributed by atoms with van der Waals surface area (Å²) in [5.41, 5.74) is 0. The first-order valence-electron chi connectivity index (χ1n) is 7.88. The molecule has 2 rings (SSSR count). The summed E-state index contributed by atoms with van der Waals surface area (Å²) in [5.74, 6) is 0.549. The van der Waals surface area contributed by atoms with E-state index in [-0.39, 0.29) is 37.0 Å². The molecule has 0 aromatic carbocycles. The number of carbonyl (C=O) groups is 3. The number of urea groups is 1. The number of amides is 4. The minimum absolute atomic E-state index is 0.0647. The minimum atomic E-state index is -0.357. The van der Waals surface area contributed by atoms with Gasteiger partial charge in [-0.15, -0.1) is 0 Å². The lowest BCUT2D eigenvalue weighted by molar-refractivity contribution is -0.129. The fourth-order valence-corrected chi connectivity index (χ4v) is 2.68. The van der Waals surface area contributed by atoms with Crippen molar-refractivity contribution >= 4 is 23.8 Å². The van der Waals surface area contributed by atoms with Crippen LogP contribution in [0.2, 0.25) is 0 Å². The molecule has 1 atom stereocenters. The second-order valence-corrected chi connectivity index (χ2v) is 5.53. The number of hydrogen-bond donors (Lipinski definition) is 3. The van der Waals surface area contributed by atoms with Crippen molar-refractivity contribution < 1.29 is 14.4 Å². The summed E-state index contributed by atoms with van der Waals surface area (Å²) in [6, 6.07) is -0.197. The van der Waals surface area contributed by atoms with Gasteiger partial charge in [-0.1, -0.05) is 6.92 Å². The molecule has 23 heavy (non-hydrogen) atoms. The molecule has 3 N–H and O–H groups in total. The van der Waals surface area contributed by atoms with E-state index in [2.05, 4.69) is 20.9 Å². The van der Waals surface area contributed by atoms with Crippen LogP contribution in [0.15, 0.2) is 4.99 Å². The van der Waals surface area contributed by atoms with Gasteiger partial charge < -0.3 is 20.9 Å².